The van der Waals surface area contributed by atoms with Crippen LogP contribution in [0.25, 0.3) is 0 Å². The van der Waals surface area contributed by atoms with Crippen LogP contribution in [0.3, 0.4) is 0 Å². The number of nitrogens with zero attached hydrogens (tertiary/aromatic N) is 1. The highest BCUT2D eigenvalue weighted by molar-refractivity contribution is 5.83. The Hall–Kier alpha value is -1.50. The number of carbonyl (C=O) groups excluding carboxylic acids is 1. The summed E-state index contributed by atoms with van der Waals surface area (Å²) in [5, 5.41) is 3.32. The van der Waals surface area contributed by atoms with Crippen LogP contribution in [0.15, 0.2) is 24.3 Å². The third kappa shape index (κ3) is 3.77. The molecule has 3 N–H and O–H groups in total. The Bertz CT molecular complexity index is 637. The van der Waals surface area contributed by atoms with Gasteiger partial charge in [0.1, 0.15) is 11.9 Å². The number of amides is 1. The van der Waals surface area contributed by atoms with Crippen molar-refractivity contribution in [3.8, 4) is 0 Å². The molecule has 5 atom stereocenters. The highest BCUT2D eigenvalue weighted by Crippen LogP contribution is 2.30. The van der Waals surface area contributed by atoms with E-state index >= 15 is 0 Å². The van der Waals surface area contributed by atoms with Gasteiger partial charge in [0.05, 0.1) is 0 Å². The smallest absolute Gasteiger partial charge is 0.239 e. The van der Waals surface area contributed by atoms with E-state index in [9.17, 15) is 9.18 Å². The van der Waals surface area contributed by atoms with Crippen molar-refractivity contribution in [3.63, 3.8) is 0 Å². The Kier molecular flexibility index (Phi) is 5.25. The summed E-state index contributed by atoms with van der Waals surface area (Å²) < 4.78 is 13.1. The molecule has 1 amide bonds. The fourth-order valence-corrected chi connectivity index (χ4v) is 4.90. The van der Waals surface area contributed by atoms with Gasteiger partial charge in [0, 0.05) is 24.5 Å². The fraction of sp³-hybridized carbons (Fsp3) is 0.650. The maximum Gasteiger partial charge on any atom is 0.239 e. The first kappa shape index (κ1) is 17.9. The molecule has 5 nitrogen and oxygen atoms in total. The number of rotatable bonds is 4. The highest BCUT2D eigenvalue weighted by Gasteiger charge is 2.43. The number of carbonyl (C=O) groups is 1. The molecule has 26 heavy (non-hydrogen) atoms. The summed E-state index contributed by atoms with van der Waals surface area (Å²) in [5.41, 5.74) is 7.70. The predicted octanol–water partition coefficient (Wildman–Crippen LogP) is 1.45. The fourth-order valence-electron chi connectivity index (χ4n) is 4.90. The van der Waals surface area contributed by atoms with Gasteiger partial charge >= 0.3 is 0 Å². The van der Waals surface area contributed by atoms with Crippen LogP contribution in [0.4, 0.5) is 4.39 Å². The maximum absolute atomic E-state index is 13.1. The van der Waals surface area contributed by atoms with E-state index in [0.717, 1.165) is 50.8 Å². The van der Waals surface area contributed by atoms with Gasteiger partial charge in [-0.2, -0.15) is 0 Å². The second-order valence-electron chi connectivity index (χ2n) is 8.22. The minimum atomic E-state index is -0.197. The van der Waals surface area contributed by atoms with Gasteiger partial charge in [-0.25, -0.2) is 9.82 Å². The van der Waals surface area contributed by atoms with Gasteiger partial charge in [-0.15, -0.1) is 0 Å². The molecule has 0 aromatic heterocycles. The van der Waals surface area contributed by atoms with E-state index in [1.54, 1.807) is 0 Å². The number of likely N-dealkylation sites (tertiary alicyclic amines) is 1. The van der Waals surface area contributed by atoms with E-state index in [0.29, 0.717) is 17.9 Å². The largest absolute Gasteiger partial charge is 0.352 e. The second-order valence-corrected chi connectivity index (χ2v) is 8.22. The average molecular weight is 360 g/mol. The maximum atomic E-state index is 13.1. The van der Waals surface area contributed by atoms with Crippen molar-refractivity contribution < 1.29 is 9.18 Å². The Morgan fingerprint density at radius 3 is 2.85 bits per heavy atom. The van der Waals surface area contributed by atoms with Gasteiger partial charge in [-0.05, 0) is 62.9 Å². The van der Waals surface area contributed by atoms with Crippen LogP contribution in [0.1, 0.15) is 31.2 Å². The Balaban J connectivity index is 1.36. The zero-order valence-electron chi connectivity index (χ0n) is 15.4. The molecule has 0 spiro atoms. The molecule has 142 valence electrons. The van der Waals surface area contributed by atoms with Crippen LogP contribution >= 0.6 is 0 Å². The molecule has 1 aliphatic carbocycles. The number of hydrogen-bond donors (Lipinski definition) is 3. The van der Waals surface area contributed by atoms with Crippen LogP contribution in [-0.4, -0.2) is 49.1 Å². The molecule has 3 unspecified atom stereocenters. The molecular weight excluding hydrogens is 331 g/mol. The van der Waals surface area contributed by atoms with Crippen LogP contribution in [-0.2, 0) is 11.2 Å². The first-order valence-electron chi connectivity index (χ1n) is 9.84. The van der Waals surface area contributed by atoms with E-state index in [4.69, 9.17) is 0 Å². The number of hydrazine groups is 1. The lowest BCUT2D eigenvalue weighted by Gasteiger charge is -2.33. The number of halogens is 1. The monoisotopic (exact) mass is 360 g/mol. The first-order valence-corrected chi connectivity index (χ1v) is 9.84. The summed E-state index contributed by atoms with van der Waals surface area (Å²) in [6, 6.07) is 7.21. The molecule has 1 aromatic rings. The van der Waals surface area contributed by atoms with Crippen molar-refractivity contribution in [2.75, 3.05) is 20.1 Å². The Morgan fingerprint density at radius 2 is 2.04 bits per heavy atom. The quantitative estimate of drug-likeness (QED) is 0.761. The molecule has 3 fully saturated rings. The van der Waals surface area contributed by atoms with Gasteiger partial charge < -0.3 is 10.2 Å². The normalized spacial score (nSPS) is 34.6. The predicted molar refractivity (Wildman–Crippen MR) is 98.8 cm³/mol. The average Bonchev–Trinajstić information content (AvgIpc) is 3.23. The molecule has 1 saturated carbocycles. The van der Waals surface area contributed by atoms with Crippen LogP contribution < -0.4 is 16.2 Å². The molecular formula is C20H29FN4O. The van der Waals surface area contributed by atoms with Gasteiger partial charge in [0.15, 0.2) is 0 Å². The summed E-state index contributed by atoms with van der Waals surface area (Å²) in [5.74, 6) is 0.683. The minimum absolute atomic E-state index is 0.122. The number of benzene rings is 1. The van der Waals surface area contributed by atoms with E-state index < -0.39 is 0 Å². The second kappa shape index (κ2) is 7.62. The Labute approximate surface area is 154 Å². The SMILES string of the molecule is CN1CCC2NNC(C(=O)N[C@@H]3CCC[C@@H]3Cc3ccc(F)cc3)C2C1. The van der Waals surface area contributed by atoms with Gasteiger partial charge in [-0.1, -0.05) is 18.6 Å². The van der Waals surface area contributed by atoms with Crippen LogP contribution in [0.5, 0.6) is 0 Å². The standard InChI is InChI=1S/C20H29FN4O/c1-25-10-9-18-16(12-25)19(24-23-18)20(26)22-17-4-2-3-14(17)11-13-5-7-15(21)8-6-13/h5-8,14,16-19,23-24H,2-4,9-12H2,1H3,(H,22,26)/t14-,16?,17-,18?,19?/m1/s1. The molecule has 6 heteroatoms. The first-order chi connectivity index (χ1) is 12.6. The lowest BCUT2D eigenvalue weighted by molar-refractivity contribution is -0.125. The van der Waals surface area contributed by atoms with Crippen molar-refractivity contribution in [2.45, 2.75) is 50.2 Å². The van der Waals surface area contributed by atoms with E-state index in [1.165, 1.54) is 12.1 Å². The van der Waals surface area contributed by atoms with Crippen molar-refractivity contribution >= 4 is 5.91 Å². The van der Waals surface area contributed by atoms with Gasteiger partial charge in [-0.3, -0.25) is 10.2 Å². The molecule has 2 aliphatic heterocycles. The number of hydrogen-bond acceptors (Lipinski definition) is 4. The minimum Gasteiger partial charge on any atom is -0.352 e. The van der Waals surface area contributed by atoms with Gasteiger partial charge in [0.2, 0.25) is 5.91 Å². The topological polar surface area (TPSA) is 56.4 Å². The Morgan fingerprint density at radius 1 is 1.23 bits per heavy atom. The summed E-state index contributed by atoms with van der Waals surface area (Å²) in [7, 11) is 2.12. The summed E-state index contributed by atoms with van der Waals surface area (Å²) in [4.78, 5) is 15.2. The van der Waals surface area contributed by atoms with Crippen molar-refractivity contribution in [1.82, 2.24) is 21.1 Å². The van der Waals surface area contributed by atoms with E-state index in [1.807, 2.05) is 12.1 Å². The third-order valence-corrected chi connectivity index (χ3v) is 6.39. The molecule has 0 radical (unpaired) electrons. The summed E-state index contributed by atoms with van der Waals surface area (Å²) in [6.07, 6.45) is 5.27. The lowest BCUT2D eigenvalue weighted by Crippen LogP contribution is -2.52. The van der Waals surface area contributed by atoms with Crippen LogP contribution in [0.2, 0.25) is 0 Å². The summed E-state index contributed by atoms with van der Waals surface area (Å²) >= 11 is 0. The highest BCUT2D eigenvalue weighted by atomic mass is 19.1. The van der Waals surface area contributed by atoms with Crippen LogP contribution in [0, 0.1) is 17.7 Å². The van der Waals surface area contributed by atoms with E-state index in [-0.39, 0.29) is 23.8 Å². The van der Waals surface area contributed by atoms with Crippen molar-refractivity contribution in [2.24, 2.45) is 11.8 Å². The number of piperidine rings is 1. The summed E-state index contributed by atoms with van der Waals surface area (Å²) in [6.45, 7) is 2.03. The molecule has 0 bridgehead atoms. The molecule has 2 saturated heterocycles. The zero-order valence-corrected chi connectivity index (χ0v) is 15.4. The molecule has 4 rings (SSSR count). The van der Waals surface area contributed by atoms with E-state index in [2.05, 4.69) is 28.1 Å². The van der Waals surface area contributed by atoms with Gasteiger partial charge in [0.25, 0.3) is 0 Å². The third-order valence-electron chi connectivity index (χ3n) is 6.39. The number of nitrogens with one attached hydrogen (secondary N) is 3. The van der Waals surface area contributed by atoms with Crippen molar-refractivity contribution in [1.29, 1.82) is 0 Å². The lowest BCUT2D eigenvalue weighted by atomic mass is 9.87. The molecule has 1 aromatic carbocycles. The number of fused-ring (bicyclic) bond motifs is 1. The molecule has 3 aliphatic rings. The zero-order chi connectivity index (χ0) is 18.1. The molecule has 2 heterocycles. The van der Waals surface area contributed by atoms with Crippen molar-refractivity contribution in [3.05, 3.63) is 35.6 Å².